The van der Waals surface area contributed by atoms with Crippen molar-refractivity contribution in [2.75, 3.05) is 31.1 Å². The van der Waals surface area contributed by atoms with Crippen LogP contribution < -0.4 is 4.90 Å². The Labute approximate surface area is 156 Å². The minimum absolute atomic E-state index is 0.117. The molecule has 1 aromatic carbocycles. The molecule has 134 valence electrons. The first-order valence-corrected chi connectivity index (χ1v) is 9.66. The number of rotatable bonds is 4. The topological polar surface area (TPSA) is 49.6 Å². The maximum atomic E-state index is 12.7. The van der Waals surface area contributed by atoms with Gasteiger partial charge >= 0.3 is 0 Å². The fraction of sp³-hybridized carbons (Fsp3) is 0.300. The monoisotopic (exact) mass is 367 g/mol. The van der Waals surface area contributed by atoms with Crippen LogP contribution in [0.4, 0.5) is 5.69 Å². The van der Waals surface area contributed by atoms with Gasteiger partial charge in [-0.3, -0.25) is 4.79 Å². The zero-order chi connectivity index (χ0) is 17.9. The van der Waals surface area contributed by atoms with Gasteiger partial charge in [-0.1, -0.05) is 24.3 Å². The lowest BCUT2D eigenvalue weighted by atomic mass is 10.2. The van der Waals surface area contributed by atoms with E-state index in [-0.39, 0.29) is 5.91 Å². The van der Waals surface area contributed by atoms with Gasteiger partial charge in [0.1, 0.15) is 5.76 Å². The van der Waals surface area contributed by atoms with Gasteiger partial charge in [-0.05, 0) is 30.5 Å². The number of hydrogen-bond donors (Lipinski definition) is 0. The third kappa shape index (κ3) is 3.51. The van der Waals surface area contributed by atoms with Gasteiger partial charge in [0, 0.05) is 31.9 Å². The molecule has 26 heavy (non-hydrogen) atoms. The van der Waals surface area contributed by atoms with Crippen molar-refractivity contribution in [3.8, 4) is 10.8 Å². The molecule has 2 aromatic heterocycles. The molecule has 6 heteroatoms. The average Bonchev–Trinajstić information content (AvgIpc) is 3.33. The third-order valence-corrected chi connectivity index (χ3v) is 5.55. The van der Waals surface area contributed by atoms with E-state index < -0.39 is 0 Å². The normalized spacial score (nSPS) is 14.7. The summed E-state index contributed by atoms with van der Waals surface area (Å²) in [5.41, 5.74) is 1.96. The van der Waals surface area contributed by atoms with E-state index in [9.17, 15) is 4.79 Å². The smallest absolute Gasteiger partial charge is 0.236 e. The molecule has 0 saturated carbocycles. The lowest BCUT2D eigenvalue weighted by molar-refractivity contribution is -0.130. The highest BCUT2D eigenvalue weighted by atomic mass is 32.1. The Kier molecular flexibility index (Phi) is 4.75. The van der Waals surface area contributed by atoms with Gasteiger partial charge in [0.15, 0.2) is 0 Å². The maximum absolute atomic E-state index is 12.7. The first-order chi connectivity index (χ1) is 12.7. The Morgan fingerprint density at radius 3 is 2.58 bits per heavy atom. The molecule has 5 nitrogen and oxygen atoms in total. The van der Waals surface area contributed by atoms with Crippen LogP contribution in [0.2, 0.25) is 0 Å². The standard InChI is InChI=1S/C20H21N3O2S/c1-15-17(21-20(25-15)18-8-5-13-26-18)14-19(24)23-11-9-22(10-12-23)16-6-3-2-4-7-16/h2-8,13H,9-12,14H2,1H3. The fourth-order valence-electron chi connectivity index (χ4n) is 3.21. The average molecular weight is 367 g/mol. The summed E-state index contributed by atoms with van der Waals surface area (Å²) in [5.74, 6) is 1.45. The third-order valence-electron chi connectivity index (χ3n) is 4.70. The molecule has 1 saturated heterocycles. The highest BCUT2D eigenvalue weighted by Crippen LogP contribution is 2.26. The maximum Gasteiger partial charge on any atom is 0.236 e. The molecule has 1 fully saturated rings. The number of benzene rings is 1. The van der Waals surface area contributed by atoms with Crippen LogP contribution in [0.1, 0.15) is 11.5 Å². The van der Waals surface area contributed by atoms with Crippen LogP contribution >= 0.6 is 11.3 Å². The molecule has 3 aromatic rings. The summed E-state index contributed by atoms with van der Waals surface area (Å²) in [4.78, 5) is 22.5. The van der Waals surface area contributed by atoms with E-state index >= 15 is 0 Å². The molecule has 0 unspecified atom stereocenters. The predicted octanol–water partition coefficient (Wildman–Crippen LogP) is 3.60. The van der Waals surface area contributed by atoms with Crippen LogP contribution in [0.15, 0.2) is 52.3 Å². The van der Waals surface area contributed by atoms with Crippen LogP contribution in [0.5, 0.6) is 0 Å². The molecular weight excluding hydrogens is 346 g/mol. The Hall–Kier alpha value is -2.60. The van der Waals surface area contributed by atoms with Gasteiger partial charge in [0.2, 0.25) is 11.8 Å². The lowest BCUT2D eigenvalue weighted by Gasteiger charge is -2.36. The number of thiophene rings is 1. The van der Waals surface area contributed by atoms with Crippen molar-refractivity contribution in [2.45, 2.75) is 13.3 Å². The van der Waals surface area contributed by atoms with Gasteiger partial charge in [0.05, 0.1) is 17.0 Å². The molecule has 0 N–H and O–H groups in total. The SMILES string of the molecule is Cc1oc(-c2cccs2)nc1CC(=O)N1CCN(c2ccccc2)CC1. The van der Waals surface area contributed by atoms with Gasteiger partial charge < -0.3 is 14.2 Å². The van der Waals surface area contributed by atoms with Gasteiger partial charge in [0.25, 0.3) is 0 Å². The molecule has 0 bridgehead atoms. The number of hydrogen-bond acceptors (Lipinski definition) is 5. The number of para-hydroxylation sites is 1. The summed E-state index contributed by atoms with van der Waals surface area (Å²) in [6, 6.07) is 14.3. The Bertz CT molecular complexity index is 866. The minimum Gasteiger partial charge on any atom is -0.440 e. The quantitative estimate of drug-likeness (QED) is 0.707. The molecule has 3 heterocycles. The van der Waals surface area contributed by atoms with Crippen LogP contribution in [0.3, 0.4) is 0 Å². The van der Waals surface area contributed by atoms with Crippen LogP contribution in [-0.2, 0) is 11.2 Å². The van der Waals surface area contributed by atoms with Crippen molar-refractivity contribution >= 4 is 22.9 Å². The van der Waals surface area contributed by atoms with E-state index in [4.69, 9.17) is 4.42 Å². The summed E-state index contributed by atoms with van der Waals surface area (Å²) < 4.78 is 5.74. The summed E-state index contributed by atoms with van der Waals surface area (Å²) in [5, 5.41) is 1.99. The molecule has 1 aliphatic heterocycles. The number of oxazole rings is 1. The number of piperazine rings is 1. The van der Waals surface area contributed by atoms with E-state index in [1.54, 1.807) is 11.3 Å². The Morgan fingerprint density at radius 2 is 1.88 bits per heavy atom. The van der Waals surface area contributed by atoms with Gasteiger partial charge in [-0.15, -0.1) is 11.3 Å². The van der Waals surface area contributed by atoms with Crippen molar-refractivity contribution in [1.29, 1.82) is 0 Å². The van der Waals surface area contributed by atoms with E-state index in [0.29, 0.717) is 12.3 Å². The molecule has 0 aliphatic carbocycles. The van der Waals surface area contributed by atoms with Gasteiger partial charge in [-0.25, -0.2) is 4.98 Å². The van der Waals surface area contributed by atoms with E-state index in [1.165, 1.54) is 5.69 Å². The second-order valence-corrected chi connectivity index (χ2v) is 7.33. The first-order valence-electron chi connectivity index (χ1n) is 8.78. The van der Waals surface area contributed by atoms with Crippen LogP contribution in [0, 0.1) is 6.92 Å². The number of amides is 1. The summed E-state index contributed by atoms with van der Waals surface area (Å²) in [6.45, 7) is 5.06. The first kappa shape index (κ1) is 16.8. The largest absolute Gasteiger partial charge is 0.440 e. The summed E-state index contributed by atoms with van der Waals surface area (Å²) in [7, 11) is 0. The minimum atomic E-state index is 0.117. The number of anilines is 1. The van der Waals surface area contributed by atoms with Crippen molar-refractivity contribution in [1.82, 2.24) is 9.88 Å². The molecular formula is C20H21N3O2S. The Balaban J connectivity index is 1.37. The molecule has 0 atom stereocenters. The summed E-state index contributed by atoms with van der Waals surface area (Å²) >= 11 is 1.59. The van der Waals surface area contributed by atoms with Gasteiger partial charge in [-0.2, -0.15) is 0 Å². The molecule has 0 radical (unpaired) electrons. The highest BCUT2D eigenvalue weighted by molar-refractivity contribution is 7.13. The number of nitrogens with zero attached hydrogens (tertiary/aromatic N) is 3. The van der Waals surface area contributed by atoms with Crippen LogP contribution in [-0.4, -0.2) is 42.0 Å². The summed E-state index contributed by atoms with van der Waals surface area (Å²) in [6.07, 6.45) is 0.298. The van der Waals surface area contributed by atoms with E-state index in [0.717, 1.165) is 42.5 Å². The van der Waals surface area contributed by atoms with E-state index in [1.807, 2.05) is 47.5 Å². The second-order valence-electron chi connectivity index (χ2n) is 6.38. The van der Waals surface area contributed by atoms with E-state index in [2.05, 4.69) is 22.0 Å². The molecule has 0 spiro atoms. The second kappa shape index (κ2) is 7.33. The number of aromatic nitrogens is 1. The van der Waals surface area contributed by atoms with Crippen LogP contribution in [0.25, 0.3) is 10.8 Å². The zero-order valence-electron chi connectivity index (χ0n) is 14.7. The molecule has 1 aliphatic rings. The number of carbonyl (C=O) groups is 1. The highest BCUT2D eigenvalue weighted by Gasteiger charge is 2.23. The van der Waals surface area contributed by atoms with Crippen molar-refractivity contribution in [2.24, 2.45) is 0 Å². The lowest BCUT2D eigenvalue weighted by Crippen LogP contribution is -2.49. The molecule has 4 rings (SSSR count). The van der Waals surface area contributed by atoms with Crippen molar-refractivity contribution < 1.29 is 9.21 Å². The number of carbonyl (C=O) groups excluding carboxylic acids is 1. The predicted molar refractivity (Wildman–Crippen MR) is 103 cm³/mol. The number of aryl methyl sites for hydroxylation is 1. The molecule has 1 amide bonds. The Morgan fingerprint density at radius 1 is 1.12 bits per heavy atom. The zero-order valence-corrected chi connectivity index (χ0v) is 15.5. The fourth-order valence-corrected chi connectivity index (χ4v) is 3.85. The van der Waals surface area contributed by atoms with Crippen molar-refractivity contribution in [3.63, 3.8) is 0 Å². The van der Waals surface area contributed by atoms with Crippen molar-refractivity contribution in [3.05, 3.63) is 59.3 Å².